The quantitative estimate of drug-likeness (QED) is 0.775. The summed E-state index contributed by atoms with van der Waals surface area (Å²) in [5.74, 6) is 0.461. The molecule has 0 atom stereocenters. The highest BCUT2D eigenvalue weighted by atomic mass is 32.2. The number of hydrogen-bond donors (Lipinski definition) is 1. The number of hydrogen-bond acceptors (Lipinski definition) is 5. The molecule has 0 aliphatic heterocycles. The van der Waals surface area contributed by atoms with Crippen molar-refractivity contribution >= 4 is 9.84 Å². The highest BCUT2D eigenvalue weighted by Crippen LogP contribution is 2.33. The van der Waals surface area contributed by atoms with Crippen LogP contribution in [-0.4, -0.2) is 36.7 Å². The molecule has 0 saturated carbocycles. The van der Waals surface area contributed by atoms with E-state index in [1.165, 1.54) is 13.4 Å². The van der Waals surface area contributed by atoms with Gasteiger partial charge in [0.1, 0.15) is 0 Å². The van der Waals surface area contributed by atoms with Gasteiger partial charge in [-0.2, -0.15) is 5.10 Å². The summed E-state index contributed by atoms with van der Waals surface area (Å²) in [7, 11) is 0.0966. The van der Waals surface area contributed by atoms with E-state index >= 15 is 0 Å². The summed E-state index contributed by atoms with van der Waals surface area (Å²) in [6.07, 6.45) is 1.18. The molecule has 0 spiro atoms. The molecule has 3 rings (SSSR count). The predicted octanol–water partition coefficient (Wildman–Crippen LogP) is 2.87. The van der Waals surface area contributed by atoms with E-state index in [1.54, 1.807) is 47.1 Å². The number of sulfone groups is 1. The summed E-state index contributed by atoms with van der Waals surface area (Å²) in [6, 6.07) is 13.6. The maximum Gasteiger partial charge on any atom is 0.175 e. The van der Waals surface area contributed by atoms with Gasteiger partial charge in [0.05, 0.1) is 23.4 Å². The molecule has 0 unspecified atom stereocenters. The molecule has 1 aromatic heterocycles. The second-order valence-corrected chi connectivity index (χ2v) is 7.74. The van der Waals surface area contributed by atoms with Crippen LogP contribution in [-0.2, 0) is 16.9 Å². The maximum absolute atomic E-state index is 11.6. The van der Waals surface area contributed by atoms with E-state index < -0.39 is 9.84 Å². The van der Waals surface area contributed by atoms with E-state index in [2.05, 4.69) is 5.10 Å². The number of rotatable bonds is 4. The molecule has 1 N–H and O–H groups in total. The normalized spacial score (nSPS) is 11.5. The molecule has 0 aliphatic rings. The SMILES string of the molecule is COc1cc(-c2cc(-c3ccc(S(C)(=O)=O)cc3)nn2C)ccc1O. The first kappa shape index (κ1) is 17.0. The van der Waals surface area contributed by atoms with Crippen molar-refractivity contribution in [1.29, 1.82) is 0 Å². The first-order chi connectivity index (χ1) is 11.8. The summed E-state index contributed by atoms with van der Waals surface area (Å²) in [4.78, 5) is 0.274. The van der Waals surface area contributed by atoms with Gasteiger partial charge in [-0.3, -0.25) is 4.68 Å². The lowest BCUT2D eigenvalue weighted by Crippen LogP contribution is -1.96. The Labute approximate surface area is 146 Å². The number of ether oxygens (including phenoxy) is 1. The zero-order valence-electron chi connectivity index (χ0n) is 14.1. The third-order valence-corrected chi connectivity index (χ3v) is 5.06. The van der Waals surface area contributed by atoms with Crippen LogP contribution >= 0.6 is 0 Å². The molecule has 25 heavy (non-hydrogen) atoms. The van der Waals surface area contributed by atoms with Gasteiger partial charge in [0.15, 0.2) is 21.3 Å². The summed E-state index contributed by atoms with van der Waals surface area (Å²) in [5, 5.41) is 14.2. The number of aromatic hydroxyl groups is 1. The minimum absolute atomic E-state index is 0.0741. The van der Waals surface area contributed by atoms with Crippen LogP contribution in [0.15, 0.2) is 53.4 Å². The van der Waals surface area contributed by atoms with Crippen molar-refractivity contribution in [3.05, 3.63) is 48.5 Å². The van der Waals surface area contributed by atoms with Crippen LogP contribution in [0.3, 0.4) is 0 Å². The Morgan fingerprint density at radius 2 is 1.68 bits per heavy atom. The van der Waals surface area contributed by atoms with Crippen LogP contribution in [0.5, 0.6) is 11.5 Å². The highest BCUT2D eigenvalue weighted by Gasteiger charge is 2.13. The van der Waals surface area contributed by atoms with Gasteiger partial charge >= 0.3 is 0 Å². The molecule has 0 saturated heterocycles. The summed E-state index contributed by atoms with van der Waals surface area (Å²) >= 11 is 0. The number of aryl methyl sites for hydroxylation is 1. The Bertz CT molecular complexity index is 1020. The standard InChI is InChI=1S/C18H18N2O4S/c1-20-16(13-6-9-17(21)18(10-13)24-2)11-15(19-20)12-4-7-14(8-5-12)25(3,22)23/h4-11,21H,1-3H3. The lowest BCUT2D eigenvalue weighted by Gasteiger charge is -2.06. The number of benzene rings is 2. The van der Waals surface area contributed by atoms with Crippen molar-refractivity contribution in [1.82, 2.24) is 9.78 Å². The number of phenols is 1. The van der Waals surface area contributed by atoms with Crippen LogP contribution in [0.2, 0.25) is 0 Å². The van der Waals surface area contributed by atoms with Crippen LogP contribution in [0.1, 0.15) is 0 Å². The Morgan fingerprint density at radius 1 is 1.04 bits per heavy atom. The van der Waals surface area contributed by atoms with Gasteiger partial charge in [-0.25, -0.2) is 8.42 Å². The zero-order chi connectivity index (χ0) is 18.2. The first-order valence-corrected chi connectivity index (χ1v) is 9.40. The Hall–Kier alpha value is -2.80. The van der Waals surface area contributed by atoms with Crippen molar-refractivity contribution in [3.63, 3.8) is 0 Å². The van der Waals surface area contributed by atoms with Gasteiger partial charge in [-0.1, -0.05) is 12.1 Å². The molecule has 3 aromatic rings. The fraction of sp³-hybridized carbons (Fsp3) is 0.167. The molecule has 2 aromatic carbocycles. The molecule has 7 heteroatoms. The molecule has 6 nitrogen and oxygen atoms in total. The van der Waals surface area contributed by atoms with Gasteiger partial charge in [-0.15, -0.1) is 0 Å². The van der Waals surface area contributed by atoms with Gasteiger partial charge in [0.2, 0.25) is 0 Å². The summed E-state index contributed by atoms with van der Waals surface area (Å²) in [5.41, 5.74) is 3.24. The molecule has 0 bridgehead atoms. The minimum atomic E-state index is -3.22. The second-order valence-electron chi connectivity index (χ2n) is 5.72. The Kier molecular flexibility index (Phi) is 4.26. The van der Waals surface area contributed by atoms with Crippen molar-refractivity contribution in [2.24, 2.45) is 7.05 Å². The minimum Gasteiger partial charge on any atom is -0.504 e. The van der Waals surface area contributed by atoms with Crippen LogP contribution in [0, 0.1) is 0 Å². The van der Waals surface area contributed by atoms with E-state index in [0.717, 1.165) is 22.5 Å². The Morgan fingerprint density at radius 3 is 2.28 bits per heavy atom. The monoisotopic (exact) mass is 358 g/mol. The predicted molar refractivity (Wildman–Crippen MR) is 95.4 cm³/mol. The number of aromatic nitrogens is 2. The molecule has 0 radical (unpaired) electrons. The molecule has 1 heterocycles. The lowest BCUT2D eigenvalue weighted by atomic mass is 10.1. The molecule has 130 valence electrons. The number of nitrogens with zero attached hydrogens (tertiary/aromatic N) is 2. The molecule has 0 aliphatic carbocycles. The van der Waals surface area contributed by atoms with E-state index in [0.29, 0.717) is 5.75 Å². The molecule has 0 amide bonds. The van der Waals surface area contributed by atoms with Crippen LogP contribution < -0.4 is 4.74 Å². The highest BCUT2D eigenvalue weighted by molar-refractivity contribution is 7.90. The number of phenolic OH excluding ortho intramolecular Hbond substituents is 1. The fourth-order valence-corrected chi connectivity index (χ4v) is 3.22. The largest absolute Gasteiger partial charge is 0.504 e. The average Bonchev–Trinajstić information content (AvgIpc) is 2.96. The van der Waals surface area contributed by atoms with Crippen molar-refractivity contribution in [3.8, 4) is 34.0 Å². The van der Waals surface area contributed by atoms with Crippen LogP contribution in [0.25, 0.3) is 22.5 Å². The van der Waals surface area contributed by atoms with Gasteiger partial charge in [0, 0.05) is 24.4 Å². The number of methoxy groups -OCH3 is 1. The zero-order valence-corrected chi connectivity index (χ0v) is 14.9. The topological polar surface area (TPSA) is 81.4 Å². The summed E-state index contributed by atoms with van der Waals surface area (Å²) in [6.45, 7) is 0. The molecular formula is C18H18N2O4S. The fourth-order valence-electron chi connectivity index (χ4n) is 2.59. The Balaban J connectivity index is 2.00. The van der Waals surface area contributed by atoms with E-state index in [-0.39, 0.29) is 10.6 Å². The van der Waals surface area contributed by atoms with Crippen LogP contribution in [0.4, 0.5) is 0 Å². The molecule has 0 fully saturated rings. The van der Waals surface area contributed by atoms with Crippen molar-refractivity contribution < 1.29 is 18.3 Å². The van der Waals surface area contributed by atoms with Gasteiger partial charge in [0.25, 0.3) is 0 Å². The lowest BCUT2D eigenvalue weighted by molar-refractivity contribution is 0.373. The van der Waals surface area contributed by atoms with Crippen molar-refractivity contribution in [2.75, 3.05) is 13.4 Å². The first-order valence-electron chi connectivity index (χ1n) is 7.51. The third-order valence-electron chi connectivity index (χ3n) is 3.93. The summed E-state index contributed by atoms with van der Waals surface area (Å²) < 4.78 is 30.0. The molecular weight excluding hydrogens is 340 g/mol. The van der Waals surface area contributed by atoms with E-state index in [4.69, 9.17) is 4.74 Å². The van der Waals surface area contributed by atoms with E-state index in [1.807, 2.05) is 13.1 Å². The second kappa shape index (κ2) is 6.25. The van der Waals surface area contributed by atoms with Gasteiger partial charge in [-0.05, 0) is 36.4 Å². The maximum atomic E-state index is 11.6. The smallest absolute Gasteiger partial charge is 0.175 e. The van der Waals surface area contributed by atoms with Gasteiger partial charge < -0.3 is 9.84 Å². The van der Waals surface area contributed by atoms with E-state index in [9.17, 15) is 13.5 Å². The van der Waals surface area contributed by atoms with Crippen molar-refractivity contribution in [2.45, 2.75) is 4.90 Å². The average molecular weight is 358 g/mol. The third kappa shape index (κ3) is 3.36.